The molecule has 0 saturated heterocycles. The molecule has 0 aliphatic rings. The summed E-state index contributed by atoms with van der Waals surface area (Å²) in [5, 5.41) is 0.428. The molecule has 0 spiro atoms. The molecule has 6 heteroatoms. The van der Waals surface area contributed by atoms with Crippen LogP contribution in [0.15, 0.2) is 53.4 Å². The van der Waals surface area contributed by atoms with Gasteiger partial charge in [0.25, 0.3) is 0 Å². The number of halogens is 1. The molecule has 0 saturated carbocycles. The summed E-state index contributed by atoms with van der Waals surface area (Å²) in [6.45, 7) is 1.95. The van der Waals surface area contributed by atoms with Crippen molar-refractivity contribution < 1.29 is 13.2 Å². The summed E-state index contributed by atoms with van der Waals surface area (Å²) in [4.78, 5) is 0.0934. The van der Waals surface area contributed by atoms with Gasteiger partial charge < -0.3 is 4.74 Å². The van der Waals surface area contributed by atoms with Crippen LogP contribution in [-0.4, -0.2) is 21.6 Å². The Balaban J connectivity index is 2.22. The zero-order valence-electron chi connectivity index (χ0n) is 13.1. The number of sulfonamides is 1. The molecule has 0 aromatic heterocycles. The summed E-state index contributed by atoms with van der Waals surface area (Å²) in [6, 6.07) is 14.1. The van der Waals surface area contributed by atoms with E-state index in [1.54, 1.807) is 0 Å². The summed E-state index contributed by atoms with van der Waals surface area (Å²) in [5.41, 5.74) is 1.09. The molecule has 124 valence electrons. The zero-order chi connectivity index (χ0) is 16.9. The van der Waals surface area contributed by atoms with Gasteiger partial charge in [0.15, 0.2) is 0 Å². The molecule has 2 rings (SSSR count). The summed E-state index contributed by atoms with van der Waals surface area (Å²) >= 11 is 5.89. The van der Waals surface area contributed by atoms with Crippen molar-refractivity contribution in [1.82, 2.24) is 4.72 Å². The zero-order valence-corrected chi connectivity index (χ0v) is 14.7. The fourth-order valence-electron chi connectivity index (χ4n) is 2.31. The SMILES string of the molecule is CCC(Cc1ccccc1)NS(=O)(=O)c1ccc(Cl)cc1OC. The Labute approximate surface area is 142 Å². The van der Waals surface area contributed by atoms with Crippen LogP contribution < -0.4 is 9.46 Å². The molecule has 4 nitrogen and oxygen atoms in total. The van der Waals surface area contributed by atoms with Gasteiger partial charge in [-0.2, -0.15) is 0 Å². The minimum Gasteiger partial charge on any atom is -0.495 e. The molecule has 0 radical (unpaired) electrons. The van der Waals surface area contributed by atoms with Gasteiger partial charge in [0.05, 0.1) is 7.11 Å². The Morgan fingerprint density at radius 3 is 2.48 bits per heavy atom. The lowest BCUT2D eigenvalue weighted by Crippen LogP contribution is -2.36. The number of methoxy groups -OCH3 is 1. The molecule has 0 heterocycles. The quantitative estimate of drug-likeness (QED) is 0.826. The van der Waals surface area contributed by atoms with Gasteiger partial charge in [-0.25, -0.2) is 13.1 Å². The van der Waals surface area contributed by atoms with E-state index < -0.39 is 10.0 Å². The average Bonchev–Trinajstić information content (AvgIpc) is 2.54. The van der Waals surface area contributed by atoms with Crippen LogP contribution in [0, 0.1) is 0 Å². The first-order valence-electron chi connectivity index (χ1n) is 7.36. The van der Waals surface area contributed by atoms with Crippen molar-refractivity contribution in [3.05, 3.63) is 59.1 Å². The molecule has 0 aliphatic heterocycles. The van der Waals surface area contributed by atoms with Crippen LogP contribution in [0.1, 0.15) is 18.9 Å². The Bertz CT molecular complexity index is 748. The monoisotopic (exact) mass is 353 g/mol. The second-order valence-corrected chi connectivity index (χ2v) is 7.33. The summed E-state index contributed by atoms with van der Waals surface area (Å²) < 4.78 is 33.2. The van der Waals surface area contributed by atoms with Crippen LogP contribution in [0.2, 0.25) is 5.02 Å². The normalized spacial score (nSPS) is 12.8. The van der Waals surface area contributed by atoms with Gasteiger partial charge in [0, 0.05) is 17.1 Å². The van der Waals surface area contributed by atoms with Crippen LogP contribution in [0.25, 0.3) is 0 Å². The van der Waals surface area contributed by atoms with Gasteiger partial charge >= 0.3 is 0 Å². The Hall–Kier alpha value is -1.56. The fourth-order valence-corrected chi connectivity index (χ4v) is 3.95. The lowest BCUT2D eigenvalue weighted by atomic mass is 10.1. The standard InChI is InChI=1S/C17H20ClNO3S/c1-3-15(11-13-7-5-4-6-8-13)19-23(20,21)17-10-9-14(18)12-16(17)22-2/h4-10,12,15,19H,3,11H2,1-2H3. The van der Waals surface area contributed by atoms with Crippen LogP contribution in [-0.2, 0) is 16.4 Å². The second kappa shape index (κ2) is 7.81. The molecule has 0 aliphatic carbocycles. The number of hydrogen-bond acceptors (Lipinski definition) is 3. The molecular formula is C17H20ClNO3S. The highest BCUT2D eigenvalue weighted by atomic mass is 35.5. The molecule has 0 amide bonds. The van der Waals surface area contributed by atoms with Gasteiger partial charge in [-0.3, -0.25) is 0 Å². The minimum absolute atomic E-state index is 0.0934. The van der Waals surface area contributed by atoms with Crippen molar-refractivity contribution in [2.45, 2.75) is 30.7 Å². The summed E-state index contributed by atoms with van der Waals surface area (Å²) in [6.07, 6.45) is 1.32. The van der Waals surface area contributed by atoms with Crippen LogP contribution in [0.5, 0.6) is 5.75 Å². The van der Waals surface area contributed by atoms with Gasteiger partial charge in [0.1, 0.15) is 10.6 Å². The van der Waals surface area contributed by atoms with E-state index in [0.717, 1.165) is 5.56 Å². The maximum atomic E-state index is 12.6. The molecule has 1 N–H and O–H groups in total. The third kappa shape index (κ3) is 4.70. The number of nitrogens with one attached hydrogen (secondary N) is 1. The highest BCUT2D eigenvalue weighted by Crippen LogP contribution is 2.27. The first-order chi connectivity index (χ1) is 11.0. The lowest BCUT2D eigenvalue weighted by molar-refractivity contribution is 0.402. The van der Waals surface area contributed by atoms with Gasteiger partial charge in [-0.1, -0.05) is 48.9 Å². The van der Waals surface area contributed by atoms with Crippen LogP contribution in [0.3, 0.4) is 0 Å². The van der Waals surface area contributed by atoms with E-state index in [-0.39, 0.29) is 16.7 Å². The van der Waals surface area contributed by atoms with Gasteiger partial charge in [-0.15, -0.1) is 0 Å². The predicted molar refractivity (Wildman–Crippen MR) is 92.6 cm³/mol. The van der Waals surface area contributed by atoms with E-state index in [4.69, 9.17) is 16.3 Å². The summed E-state index contributed by atoms with van der Waals surface area (Å²) in [7, 11) is -2.26. The third-order valence-electron chi connectivity index (χ3n) is 3.55. The maximum absolute atomic E-state index is 12.6. The highest BCUT2D eigenvalue weighted by molar-refractivity contribution is 7.89. The maximum Gasteiger partial charge on any atom is 0.244 e. The van der Waals surface area contributed by atoms with Gasteiger partial charge in [-0.05, 0) is 30.5 Å². The Morgan fingerprint density at radius 2 is 1.87 bits per heavy atom. The number of ether oxygens (including phenoxy) is 1. The number of hydrogen-bond donors (Lipinski definition) is 1. The van der Waals surface area contributed by atoms with Crippen molar-refractivity contribution in [1.29, 1.82) is 0 Å². The predicted octanol–water partition coefficient (Wildman–Crippen LogP) is 3.65. The topological polar surface area (TPSA) is 55.4 Å². The average molecular weight is 354 g/mol. The number of rotatable bonds is 7. The Morgan fingerprint density at radius 1 is 1.17 bits per heavy atom. The Kier molecular flexibility index (Phi) is 6.04. The van der Waals surface area contributed by atoms with Crippen LogP contribution >= 0.6 is 11.6 Å². The second-order valence-electron chi connectivity index (χ2n) is 5.21. The smallest absolute Gasteiger partial charge is 0.244 e. The molecule has 23 heavy (non-hydrogen) atoms. The van der Waals surface area contributed by atoms with Gasteiger partial charge in [0.2, 0.25) is 10.0 Å². The fraction of sp³-hybridized carbons (Fsp3) is 0.294. The third-order valence-corrected chi connectivity index (χ3v) is 5.35. The van der Waals surface area contributed by atoms with Crippen molar-refractivity contribution in [2.75, 3.05) is 7.11 Å². The van der Waals surface area contributed by atoms with E-state index in [0.29, 0.717) is 17.9 Å². The van der Waals surface area contributed by atoms with E-state index in [1.807, 2.05) is 37.3 Å². The number of benzene rings is 2. The summed E-state index contributed by atoms with van der Waals surface area (Å²) in [5.74, 6) is 0.236. The van der Waals surface area contributed by atoms with E-state index >= 15 is 0 Å². The molecule has 1 atom stereocenters. The molecule has 2 aromatic carbocycles. The molecule has 2 aromatic rings. The minimum atomic E-state index is -3.68. The van der Waals surface area contributed by atoms with E-state index in [2.05, 4.69) is 4.72 Å². The molecule has 0 bridgehead atoms. The van der Waals surface area contributed by atoms with Crippen molar-refractivity contribution in [3.8, 4) is 5.75 Å². The van der Waals surface area contributed by atoms with Crippen molar-refractivity contribution >= 4 is 21.6 Å². The van der Waals surface area contributed by atoms with Crippen molar-refractivity contribution in [3.63, 3.8) is 0 Å². The van der Waals surface area contributed by atoms with Crippen molar-refractivity contribution in [2.24, 2.45) is 0 Å². The molecular weight excluding hydrogens is 334 g/mol. The largest absolute Gasteiger partial charge is 0.495 e. The molecule has 0 fully saturated rings. The lowest BCUT2D eigenvalue weighted by Gasteiger charge is -2.18. The highest BCUT2D eigenvalue weighted by Gasteiger charge is 2.23. The van der Waals surface area contributed by atoms with Crippen LogP contribution in [0.4, 0.5) is 0 Å². The molecule has 1 unspecified atom stereocenters. The first-order valence-corrected chi connectivity index (χ1v) is 9.22. The van der Waals surface area contributed by atoms with E-state index in [9.17, 15) is 8.42 Å². The first kappa shape index (κ1) is 17.8. The van der Waals surface area contributed by atoms with E-state index in [1.165, 1.54) is 25.3 Å².